The summed E-state index contributed by atoms with van der Waals surface area (Å²) in [6.07, 6.45) is -1.17. The molecule has 0 fully saturated rings. The number of aromatic nitrogens is 1. The second kappa shape index (κ2) is 6.85. The third kappa shape index (κ3) is 4.26. The third-order valence-electron chi connectivity index (χ3n) is 3.13. The van der Waals surface area contributed by atoms with Crippen molar-refractivity contribution in [1.29, 1.82) is 0 Å². The fourth-order valence-corrected chi connectivity index (χ4v) is 2.06. The van der Waals surface area contributed by atoms with E-state index in [2.05, 4.69) is 4.98 Å². The number of alkyl halides is 3. The van der Waals surface area contributed by atoms with Crippen LogP contribution in [-0.4, -0.2) is 11.6 Å². The molecule has 1 aromatic carbocycles. The minimum atomic E-state index is -4.36. The van der Waals surface area contributed by atoms with Crippen LogP contribution in [0.3, 0.4) is 0 Å². The average Bonchev–Trinajstić information content (AvgIpc) is 2.88. The highest BCUT2D eigenvalue weighted by Crippen LogP contribution is 2.33. The Balaban J connectivity index is 2.20. The lowest BCUT2D eigenvalue weighted by Crippen LogP contribution is -2.08. The van der Waals surface area contributed by atoms with Crippen molar-refractivity contribution in [2.75, 3.05) is 6.61 Å². The SMILES string of the molecule is CCCOc1ccc(C(F)(F)F)cc1CCc1ncc(C)o1. The number of aryl methyl sites for hydroxylation is 3. The van der Waals surface area contributed by atoms with E-state index in [9.17, 15) is 13.2 Å². The summed E-state index contributed by atoms with van der Waals surface area (Å²) < 4.78 is 49.4. The molecule has 0 bridgehead atoms. The highest BCUT2D eigenvalue weighted by molar-refractivity contribution is 5.38. The molecule has 0 saturated carbocycles. The van der Waals surface area contributed by atoms with E-state index in [1.807, 2.05) is 6.92 Å². The van der Waals surface area contributed by atoms with E-state index in [-0.39, 0.29) is 0 Å². The second-order valence-corrected chi connectivity index (χ2v) is 5.03. The predicted octanol–water partition coefficient (Wildman–Crippen LogP) is 4.58. The van der Waals surface area contributed by atoms with Crippen LogP contribution < -0.4 is 4.74 Å². The first-order valence-electron chi connectivity index (χ1n) is 7.14. The Kier molecular flexibility index (Phi) is 5.11. The lowest BCUT2D eigenvalue weighted by atomic mass is 10.0. The van der Waals surface area contributed by atoms with Gasteiger partial charge in [0.15, 0.2) is 5.89 Å². The minimum Gasteiger partial charge on any atom is -0.493 e. The largest absolute Gasteiger partial charge is 0.493 e. The third-order valence-corrected chi connectivity index (χ3v) is 3.13. The minimum absolute atomic E-state index is 0.378. The molecule has 0 spiro atoms. The van der Waals surface area contributed by atoms with E-state index < -0.39 is 11.7 Å². The normalized spacial score (nSPS) is 11.7. The number of oxazole rings is 1. The summed E-state index contributed by atoms with van der Waals surface area (Å²) in [4.78, 5) is 4.06. The number of hydrogen-bond donors (Lipinski definition) is 0. The summed E-state index contributed by atoms with van der Waals surface area (Å²) in [5.74, 6) is 1.68. The van der Waals surface area contributed by atoms with Crippen molar-refractivity contribution in [3.63, 3.8) is 0 Å². The van der Waals surface area contributed by atoms with Crippen molar-refractivity contribution in [2.24, 2.45) is 0 Å². The zero-order valence-electron chi connectivity index (χ0n) is 12.5. The first-order chi connectivity index (χ1) is 10.4. The lowest BCUT2D eigenvalue weighted by Gasteiger charge is -2.14. The monoisotopic (exact) mass is 313 g/mol. The lowest BCUT2D eigenvalue weighted by molar-refractivity contribution is -0.137. The number of nitrogens with zero attached hydrogens (tertiary/aromatic N) is 1. The molecule has 0 amide bonds. The Bertz CT molecular complexity index is 620. The molecule has 0 atom stereocenters. The summed E-state index contributed by atoms with van der Waals surface area (Å²) in [6.45, 7) is 4.19. The van der Waals surface area contributed by atoms with Gasteiger partial charge >= 0.3 is 6.18 Å². The first-order valence-corrected chi connectivity index (χ1v) is 7.14. The number of ether oxygens (including phenoxy) is 1. The molecule has 1 heterocycles. The second-order valence-electron chi connectivity index (χ2n) is 5.03. The van der Waals surface area contributed by atoms with Crippen LogP contribution >= 0.6 is 0 Å². The van der Waals surface area contributed by atoms with E-state index in [1.165, 1.54) is 6.07 Å². The van der Waals surface area contributed by atoms with E-state index in [4.69, 9.17) is 9.15 Å². The number of rotatable bonds is 6. The first kappa shape index (κ1) is 16.4. The van der Waals surface area contributed by atoms with Crippen LogP contribution in [-0.2, 0) is 19.0 Å². The molecule has 120 valence electrons. The number of benzene rings is 1. The fraction of sp³-hybridized carbons (Fsp3) is 0.438. The average molecular weight is 313 g/mol. The van der Waals surface area contributed by atoms with Crippen molar-refractivity contribution in [1.82, 2.24) is 4.98 Å². The van der Waals surface area contributed by atoms with Crippen molar-refractivity contribution in [3.05, 3.63) is 47.2 Å². The summed E-state index contributed by atoms with van der Waals surface area (Å²) in [5.41, 5.74) is -0.158. The van der Waals surface area contributed by atoms with Crippen LogP contribution in [0.4, 0.5) is 13.2 Å². The molecule has 1 aromatic heterocycles. The molecule has 3 nitrogen and oxygen atoms in total. The van der Waals surface area contributed by atoms with Gasteiger partial charge in [-0.05, 0) is 43.5 Å². The molecule has 0 aliphatic carbocycles. The molecule has 0 aliphatic heterocycles. The van der Waals surface area contributed by atoms with Gasteiger partial charge in [0, 0.05) is 6.42 Å². The molecule has 0 aliphatic rings. The van der Waals surface area contributed by atoms with Crippen LogP contribution in [0.2, 0.25) is 0 Å². The Morgan fingerprint density at radius 3 is 2.59 bits per heavy atom. The van der Waals surface area contributed by atoms with Crippen molar-refractivity contribution in [2.45, 2.75) is 39.3 Å². The Morgan fingerprint density at radius 1 is 1.23 bits per heavy atom. The van der Waals surface area contributed by atoms with Gasteiger partial charge in [0.1, 0.15) is 11.5 Å². The Labute approximate surface area is 127 Å². The van der Waals surface area contributed by atoms with Crippen LogP contribution in [0.1, 0.15) is 36.1 Å². The zero-order chi connectivity index (χ0) is 16.2. The maximum Gasteiger partial charge on any atom is 0.416 e. The van der Waals surface area contributed by atoms with Gasteiger partial charge in [-0.2, -0.15) is 13.2 Å². The quantitative estimate of drug-likeness (QED) is 0.783. The van der Waals surface area contributed by atoms with Crippen LogP contribution in [0, 0.1) is 6.92 Å². The van der Waals surface area contributed by atoms with Gasteiger partial charge in [0.25, 0.3) is 0 Å². The van der Waals surface area contributed by atoms with Gasteiger partial charge in [-0.3, -0.25) is 0 Å². The van der Waals surface area contributed by atoms with E-state index in [0.29, 0.717) is 42.4 Å². The van der Waals surface area contributed by atoms with Crippen LogP contribution in [0.15, 0.2) is 28.8 Å². The van der Waals surface area contributed by atoms with Gasteiger partial charge < -0.3 is 9.15 Å². The molecule has 0 radical (unpaired) electrons. The molecule has 0 unspecified atom stereocenters. The van der Waals surface area contributed by atoms with Crippen molar-refractivity contribution >= 4 is 0 Å². The maximum absolute atomic E-state index is 12.8. The number of hydrogen-bond acceptors (Lipinski definition) is 3. The summed E-state index contributed by atoms with van der Waals surface area (Å²) in [6, 6.07) is 3.57. The standard InChI is InChI=1S/C16H18F3NO2/c1-3-8-21-14-6-5-13(16(17,18)19)9-12(14)4-7-15-20-10-11(2)22-15/h5-6,9-10H,3-4,7-8H2,1-2H3. The predicted molar refractivity (Wildman–Crippen MR) is 75.9 cm³/mol. The molecular formula is C16H18F3NO2. The van der Waals surface area contributed by atoms with Gasteiger partial charge in [-0.25, -0.2) is 4.98 Å². The van der Waals surface area contributed by atoms with Crippen LogP contribution in [0.5, 0.6) is 5.75 Å². The molecule has 0 N–H and O–H groups in total. The highest BCUT2D eigenvalue weighted by Gasteiger charge is 2.31. The van der Waals surface area contributed by atoms with Gasteiger partial charge in [-0.1, -0.05) is 6.92 Å². The van der Waals surface area contributed by atoms with E-state index in [0.717, 1.165) is 18.6 Å². The topological polar surface area (TPSA) is 35.3 Å². The van der Waals surface area contributed by atoms with Gasteiger partial charge in [0.05, 0.1) is 18.4 Å². The Hall–Kier alpha value is -1.98. The molecule has 2 rings (SSSR count). The van der Waals surface area contributed by atoms with E-state index in [1.54, 1.807) is 13.1 Å². The maximum atomic E-state index is 12.8. The fourth-order valence-electron chi connectivity index (χ4n) is 2.06. The molecule has 22 heavy (non-hydrogen) atoms. The molecular weight excluding hydrogens is 295 g/mol. The summed E-state index contributed by atoms with van der Waals surface area (Å²) >= 11 is 0. The van der Waals surface area contributed by atoms with E-state index >= 15 is 0 Å². The smallest absolute Gasteiger partial charge is 0.416 e. The molecule has 0 saturated heterocycles. The summed E-state index contributed by atoms with van der Waals surface area (Å²) in [7, 11) is 0. The molecule has 2 aromatic rings. The summed E-state index contributed by atoms with van der Waals surface area (Å²) in [5, 5.41) is 0. The molecule has 6 heteroatoms. The van der Waals surface area contributed by atoms with Gasteiger partial charge in [-0.15, -0.1) is 0 Å². The van der Waals surface area contributed by atoms with Crippen molar-refractivity contribution in [3.8, 4) is 5.75 Å². The number of halogens is 3. The Morgan fingerprint density at radius 2 is 2.00 bits per heavy atom. The van der Waals surface area contributed by atoms with Gasteiger partial charge in [0.2, 0.25) is 0 Å². The zero-order valence-corrected chi connectivity index (χ0v) is 12.5. The highest BCUT2D eigenvalue weighted by atomic mass is 19.4. The van der Waals surface area contributed by atoms with Crippen molar-refractivity contribution < 1.29 is 22.3 Å². The van der Waals surface area contributed by atoms with Crippen LogP contribution in [0.25, 0.3) is 0 Å².